The van der Waals surface area contributed by atoms with Gasteiger partial charge in [0.05, 0.1) is 0 Å². The van der Waals surface area contributed by atoms with Crippen molar-refractivity contribution in [3.63, 3.8) is 0 Å². The Hall–Kier alpha value is -2.15. The summed E-state index contributed by atoms with van der Waals surface area (Å²) in [5, 5.41) is 1.38. The summed E-state index contributed by atoms with van der Waals surface area (Å²) < 4.78 is 2.42. The van der Waals surface area contributed by atoms with Crippen LogP contribution >= 0.6 is 0 Å². The molecule has 0 saturated carbocycles. The highest BCUT2D eigenvalue weighted by Gasteiger charge is 2.27. The zero-order valence-electron chi connectivity index (χ0n) is 12.4. The Balaban J connectivity index is 1.83. The zero-order chi connectivity index (χ0) is 14.2. The van der Waals surface area contributed by atoms with Gasteiger partial charge in [-0.3, -0.25) is 0 Å². The zero-order valence-corrected chi connectivity index (χ0v) is 12.4. The van der Waals surface area contributed by atoms with Crippen LogP contribution in [0.2, 0.25) is 0 Å². The highest BCUT2D eigenvalue weighted by Crippen LogP contribution is 2.33. The van der Waals surface area contributed by atoms with Crippen LogP contribution in [0.1, 0.15) is 29.0 Å². The number of hydrogen-bond acceptors (Lipinski definition) is 0. The van der Waals surface area contributed by atoms with Gasteiger partial charge in [-0.2, -0.15) is 4.57 Å². The predicted molar refractivity (Wildman–Crippen MR) is 86.4 cm³/mol. The molecule has 3 aromatic rings. The molecule has 0 saturated heterocycles. The van der Waals surface area contributed by atoms with Gasteiger partial charge >= 0.3 is 0 Å². The van der Waals surface area contributed by atoms with E-state index in [0.29, 0.717) is 5.92 Å². The molecule has 4 rings (SSSR count). The third kappa shape index (κ3) is 2.23. The molecule has 104 valence electrons. The number of benzene rings is 2. The lowest BCUT2D eigenvalue weighted by molar-refractivity contribution is -0.675. The summed E-state index contributed by atoms with van der Waals surface area (Å²) in [6, 6.07) is 20.0. The number of aryl methyl sites for hydroxylation is 2. The van der Waals surface area contributed by atoms with Crippen molar-refractivity contribution in [2.24, 2.45) is 0 Å². The van der Waals surface area contributed by atoms with Gasteiger partial charge in [0.15, 0.2) is 6.20 Å². The van der Waals surface area contributed by atoms with Gasteiger partial charge in [0.1, 0.15) is 6.54 Å². The molecule has 1 aliphatic rings. The fourth-order valence-corrected chi connectivity index (χ4v) is 3.68. The lowest BCUT2D eigenvalue weighted by Crippen LogP contribution is -2.39. The van der Waals surface area contributed by atoms with Crippen LogP contribution in [0.5, 0.6) is 0 Å². The van der Waals surface area contributed by atoms with E-state index in [9.17, 15) is 0 Å². The second kappa shape index (κ2) is 5.00. The standard InChI is InChI=1S/C20H20N/c1-15-12-18-8-5-10-21-11-9-17(19(13-15)20(18)21)14-16-6-3-2-4-7-16/h2-8,10,12-13,17H,9,11,14H2,1H3/q+1/t17-/m0/s1. The molecule has 0 aliphatic carbocycles. The number of hydrogen-bond donors (Lipinski definition) is 0. The molecule has 0 fully saturated rings. The quantitative estimate of drug-likeness (QED) is 0.618. The van der Waals surface area contributed by atoms with E-state index in [4.69, 9.17) is 0 Å². The summed E-state index contributed by atoms with van der Waals surface area (Å²) in [6.45, 7) is 3.34. The molecule has 0 spiro atoms. The average molecular weight is 274 g/mol. The normalized spacial score (nSPS) is 17.1. The van der Waals surface area contributed by atoms with Crippen LogP contribution in [0.4, 0.5) is 0 Å². The fourth-order valence-electron chi connectivity index (χ4n) is 3.68. The van der Waals surface area contributed by atoms with Crippen LogP contribution in [0.25, 0.3) is 10.9 Å². The number of pyridine rings is 1. The largest absolute Gasteiger partial charge is 0.216 e. The molecule has 1 aliphatic heterocycles. The molecule has 2 heterocycles. The highest BCUT2D eigenvalue weighted by atomic mass is 15.0. The summed E-state index contributed by atoms with van der Waals surface area (Å²) in [6.07, 6.45) is 4.60. The van der Waals surface area contributed by atoms with Crippen molar-refractivity contribution in [3.8, 4) is 0 Å². The molecular weight excluding hydrogens is 254 g/mol. The van der Waals surface area contributed by atoms with Crippen LogP contribution in [-0.2, 0) is 13.0 Å². The van der Waals surface area contributed by atoms with E-state index in [1.165, 1.54) is 34.0 Å². The van der Waals surface area contributed by atoms with Gasteiger partial charge in [-0.25, -0.2) is 0 Å². The van der Waals surface area contributed by atoms with Crippen LogP contribution < -0.4 is 4.57 Å². The van der Waals surface area contributed by atoms with E-state index in [1.807, 2.05) is 0 Å². The molecule has 0 amide bonds. The van der Waals surface area contributed by atoms with Crippen molar-refractivity contribution in [1.29, 1.82) is 0 Å². The second-order valence-electron chi connectivity index (χ2n) is 6.17. The van der Waals surface area contributed by atoms with E-state index in [-0.39, 0.29) is 0 Å². The first-order valence-corrected chi connectivity index (χ1v) is 7.78. The predicted octanol–water partition coefficient (Wildman–Crippen LogP) is 4.17. The van der Waals surface area contributed by atoms with Crippen LogP contribution in [0, 0.1) is 6.92 Å². The summed E-state index contributed by atoms with van der Waals surface area (Å²) in [4.78, 5) is 0. The van der Waals surface area contributed by atoms with Crippen molar-refractivity contribution in [1.82, 2.24) is 0 Å². The van der Waals surface area contributed by atoms with Crippen molar-refractivity contribution in [3.05, 3.63) is 77.5 Å². The Bertz CT molecular complexity index is 790. The first-order valence-electron chi connectivity index (χ1n) is 7.78. The summed E-state index contributed by atoms with van der Waals surface area (Å²) >= 11 is 0. The SMILES string of the molecule is Cc1cc2c3c(ccc[n+]3CC[C@H]2Cc2ccccc2)c1. The summed E-state index contributed by atoms with van der Waals surface area (Å²) in [5.74, 6) is 0.636. The van der Waals surface area contributed by atoms with Gasteiger partial charge in [-0.05, 0) is 42.7 Å². The third-order valence-corrected chi connectivity index (χ3v) is 4.63. The van der Waals surface area contributed by atoms with E-state index in [1.54, 1.807) is 0 Å². The van der Waals surface area contributed by atoms with Gasteiger partial charge in [-0.1, -0.05) is 30.3 Å². The van der Waals surface area contributed by atoms with Gasteiger partial charge in [0.25, 0.3) is 0 Å². The topological polar surface area (TPSA) is 3.88 Å². The fraction of sp³-hybridized carbons (Fsp3) is 0.250. The lowest BCUT2D eigenvalue weighted by Gasteiger charge is -2.22. The molecule has 0 bridgehead atoms. The Morgan fingerprint density at radius 3 is 2.76 bits per heavy atom. The Labute approximate surface area is 125 Å². The summed E-state index contributed by atoms with van der Waals surface area (Å²) in [7, 11) is 0. The molecule has 2 aromatic carbocycles. The van der Waals surface area contributed by atoms with Gasteiger partial charge < -0.3 is 0 Å². The van der Waals surface area contributed by atoms with E-state index >= 15 is 0 Å². The van der Waals surface area contributed by atoms with Gasteiger partial charge in [0, 0.05) is 29.4 Å². The Morgan fingerprint density at radius 1 is 1.05 bits per heavy atom. The maximum Gasteiger partial charge on any atom is 0.216 e. The number of aromatic nitrogens is 1. The van der Waals surface area contributed by atoms with Gasteiger partial charge in [-0.15, -0.1) is 0 Å². The summed E-state index contributed by atoms with van der Waals surface area (Å²) in [5.41, 5.74) is 5.78. The molecule has 0 unspecified atom stereocenters. The molecule has 21 heavy (non-hydrogen) atoms. The van der Waals surface area contributed by atoms with Gasteiger partial charge in [0.2, 0.25) is 5.52 Å². The van der Waals surface area contributed by atoms with E-state index in [0.717, 1.165) is 13.0 Å². The first kappa shape index (κ1) is 12.6. The van der Waals surface area contributed by atoms with Crippen molar-refractivity contribution < 1.29 is 4.57 Å². The monoisotopic (exact) mass is 274 g/mol. The van der Waals surface area contributed by atoms with E-state index in [2.05, 4.69) is 72.3 Å². The highest BCUT2D eigenvalue weighted by molar-refractivity contribution is 5.80. The minimum atomic E-state index is 0.636. The van der Waals surface area contributed by atoms with E-state index < -0.39 is 0 Å². The Morgan fingerprint density at radius 2 is 1.90 bits per heavy atom. The maximum absolute atomic E-state index is 2.42. The molecular formula is C20H20N+. The van der Waals surface area contributed by atoms with Crippen LogP contribution in [0.3, 0.4) is 0 Å². The Kier molecular flexibility index (Phi) is 2.99. The molecule has 1 heteroatoms. The van der Waals surface area contributed by atoms with Crippen molar-refractivity contribution >= 4 is 10.9 Å². The lowest BCUT2D eigenvalue weighted by atomic mass is 9.84. The van der Waals surface area contributed by atoms with Crippen LogP contribution in [-0.4, -0.2) is 0 Å². The smallest absolute Gasteiger partial charge is 0.198 e. The average Bonchev–Trinajstić information content (AvgIpc) is 2.51. The molecule has 0 N–H and O–H groups in total. The second-order valence-corrected chi connectivity index (χ2v) is 6.17. The molecule has 1 atom stereocenters. The third-order valence-electron chi connectivity index (χ3n) is 4.63. The first-order chi connectivity index (χ1) is 10.3. The van der Waals surface area contributed by atoms with Crippen LogP contribution in [0.15, 0.2) is 60.8 Å². The maximum atomic E-state index is 2.42. The minimum absolute atomic E-state index is 0.636. The molecule has 1 nitrogen and oxygen atoms in total. The molecule has 0 radical (unpaired) electrons. The number of rotatable bonds is 2. The van der Waals surface area contributed by atoms with Crippen molar-refractivity contribution in [2.75, 3.05) is 0 Å². The minimum Gasteiger partial charge on any atom is -0.198 e. The molecule has 1 aromatic heterocycles. The number of nitrogens with zero attached hydrogens (tertiary/aromatic N) is 1. The van der Waals surface area contributed by atoms with Crippen molar-refractivity contribution in [2.45, 2.75) is 32.2 Å².